The maximum absolute atomic E-state index is 3.44. The van der Waals surface area contributed by atoms with Gasteiger partial charge in [0.05, 0.1) is 0 Å². The minimum Gasteiger partial charge on any atom is -0.314 e. The van der Waals surface area contributed by atoms with Crippen LogP contribution in [0.4, 0.5) is 0 Å². The Kier molecular flexibility index (Phi) is 4.90. The van der Waals surface area contributed by atoms with Crippen LogP contribution in [-0.4, -0.2) is 36.6 Å². The van der Waals surface area contributed by atoms with Crippen LogP contribution < -0.4 is 5.32 Å². The molecule has 0 aromatic carbocycles. The zero-order valence-corrected chi connectivity index (χ0v) is 10.2. The average molecular weight is 198 g/mol. The van der Waals surface area contributed by atoms with E-state index >= 15 is 0 Å². The van der Waals surface area contributed by atoms with Gasteiger partial charge in [0.2, 0.25) is 0 Å². The Morgan fingerprint density at radius 3 is 2.71 bits per heavy atom. The molecular formula is C12H26N2. The van der Waals surface area contributed by atoms with Gasteiger partial charge >= 0.3 is 0 Å². The quantitative estimate of drug-likeness (QED) is 0.744. The minimum absolute atomic E-state index is 0.711. The molecule has 1 saturated heterocycles. The molecule has 1 aliphatic heterocycles. The molecule has 1 N–H and O–H groups in total. The van der Waals surface area contributed by atoms with Gasteiger partial charge in [-0.15, -0.1) is 0 Å². The molecular weight excluding hydrogens is 172 g/mol. The molecule has 0 saturated carbocycles. The minimum atomic E-state index is 0.711. The van der Waals surface area contributed by atoms with Crippen LogP contribution in [0.5, 0.6) is 0 Å². The summed E-state index contributed by atoms with van der Waals surface area (Å²) in [7, 11) is 0. The molecule has 0 bridgehead atoms. The highest BCUT2D eigenvalue weighted by molar-refractivity contribution is 4.80. The van der Waals surface area contributed by atoms with Crippen molar-refractivity contribution in [3.63, 3.8) is 0 Å². The molecule has 3 atom stereocenters. The lowest BCUT2D eigenvalue weighted by atomic mass is 9.98. The lowest BCUT2D eigenvalue weighted by Gasteiger charge is -2.39. The van der Waals surface area contributed by atoms with E-state index in [1.807, 2.05) is 0 Å². The molecule has 0 amide bonds. The molecule has 84 valence electrons. The Morgan fingerprint density at radius 2 is 2.14 bits per heavy atom. The van der Waals surface area contributed by atoms with Crippen LogP contribution in [0.25, 0.3) is 0 Å². The maximum Gasteiger partial charge on any atom is 0.0195 e. The van der Waals surface area contributed by atoms with Crippen molar-refractivity contribution in [2.75, 3.05) is 19.6 Å². The van der Waals surface area contributed by atoms with Gasteiger partial charge in [-0.1, -0.05) is 20.3 Å². The summed E-state index contributed by atoms with van der Waals surface area (Å²) in [6.45, 7) is 12.9. The standard InChI is InChI=1S/C12H26N2/c1-5-10(2)8-11(3)14-7-6-13-9-12(14)4/h10-13H,5-9H2,1-4H3. The van der Waals surface area contributed by atoms with Crippen LogP contribution in [-0.2, 0) is 0 Å². The van der Waals surface area contributed by atoms with E-state index < -0.39 is 0 Å². The largest absolute Gasteiger partial charge is 0.314 e. The number of nitrogens with one attached hydrogen (secondary N) is 1. The van der Waals surface area contributed by atoms with E-state index in [0.29, 0.717) is 6.04 Å². The summed E-state index contributed by atoms with van der Waals surface area (Å²) in [4.78, 5) is 2.66. The van der Waals surface area contributed by atoms with Crippen LogP contribution in [0.15, 0.2) is 0 Å². The zero-order valence-electron chi connectivity index (χ0n) is 10.2. The monoisotopic (exact) mass is 198 g/mol. The number of hydrogen-bond donors (Lipinski definition) is 1. The Balaban J connectivity index is 2.37. The fourth-order valence-corrected chi connectivity index (χ4v) is 2.40. The van der Waals surface area contributed by atoms with Gasteiger partial charge in [-0.05, 0) is 26.2 Å². The second-order valence-corrected chi connectivity index (χ2v) is 4.89. The topological polar surface area (TPSA) is 15.3 Å². The van der Waals surface area contributed by atoms with E-state index in [0.717, 1.165) is 25.0 Å². The second kappa shape index (κ2) is 5.72. The van der Waals surface area contributed by atoms with Crippen molar-refractivity contribution in [2.24, 2.45) is 5.92 Å². The van der Waals surface area contributed by atoms with Crippen molar-refractivity contribution in [1.82, 2.24) is 10.2 Å². The molecule has 0 aromatic rings. The van der Waals surface area contributed by atoms with Crippen molar-refractivity contribution in [3.05, 3.63) is 0 Å². The number of piperazine rings is 1. The molecule has 0 aromatic heterocycles. The van der Waals surface area contributed by atoms with Gasteiger partial charge in [-0.2, -0.15) is 0 Å². The molecule has 3 unspecified atom stereocenters. The predicted molar refractivity (Wildman–Crippen MR) is 62.6 cm³/mol. The normalized spacial score (nSPS) is 28.7. The van der Waals surface area contributed by atoms with Gasteiger partial charge in [0, 0.05) is 31.7 Å². The molecule has 2 heteroatoms. The van der Waals surface area contributed by atoms with Crippen molar-refractivity contribution in [2.45, 2.75) is 52.6 Å². The van der Waals surface area contributed by atoms with E-state index in [1.54, 1.807) is 0 Å². The Hall–Kier alpha value is -0.0800. The van der Waals surface area contributed by atoms with Crippen LogP contribution in [0, 0.1) is 5.92 Å². The third kappa shape index (κ3) is 3.25. The first-order chi connectivity index (χ1) is 6.65. The van der Waals surface area contributed by atoms with E-state index in [4.69, 9.17) is 0 Å². The molecule has 0 aliphatic carbocycles. The highest BCUT2D eigenvalue weighted by atomic mass is 15.2. The van der Waals surface area contributed by atoms with E-state index in [2.05, 4.69) is 37.9 Å². The Labute approximate surface area is 89.1 Å². The van der Waals surface area contributed by atoms with E-state index in [1.165, 1.54) is 19.4 Å². The van der Waals surface area contributed by atoms with Crippen LogP contribution in [0.1, 0.15) is 40.5 Å². The summed E-state index contributed by atoms with van der Waals surface area (Å²) in [6.07, 6.45) is 2.66. The molecule has 14 heavy (non-hydrogen) atoms. The summed E-state index contributed by atoms with van der Waals surface area (Å²) in [6, 6.07) is 1.46. The summed E-state index contributed by atoms with van der Waals surface area (Å²) in [5, 5.41) is 3.44. The second-order valence-electron chi connectivity index (χ2n) is 4.89. The number of nitrogens with zero attached hydrogens (tertiary/aromatic N) is 1. The fourth-order valence-electron chi connectivity index (χ4n) is 2.40. The Morgan fingerprint density at radius 1 is 1.43 bits per heavy atom. The third-order valence-electron chi connectivity index (χ3n) is 3.56. The summed E-state index contributed by atoms with van der Waals surface area (Å²) < 4.78 is 0. The molecule has 1 fully saturated rings. The molecule has 0 radical (unpaired) electrons. The zero-order chi connectivity index (χ0) is 10.6. The van der Waals surface area contributed by atoms with Gasteiger partial charge in [-0.25, -0.2) is 0 Å². The van der Waals surface area contributed by atoms with E-state index in [9.17, 15) is 0 Å². The first-order valence-corrected chi connectivity index (χ1v) is 6.11. The SMILES string of the molecule is CCC(C)CC(C)N1CCNCC1C. The third-order valence-corrected chi connectivity index (χ3v) is 3.56. The van der Waals surface area contributed by atoms with Gasteiger partial charge in [0.1, 0.15) is 0 Å². The smallest absolute Gasteiger partial charge is 0.0195 e. The lowest BCUT2D eigenvalue weighted by molar-refractivity contribution is 0.110. The first-order valence-electron chi connectivity index (χ1n) is 6.11. The van der Waals surface area contributed by atoms with Crippen LogP contribution in [0.2, 0.25) is 0 Å². The molecule has 1 aliphatic rings. The van der Waals surface area contributed by atoms with Crippen molar-refractivity contribution < 1.29 is 0 Å². The summed E-state index contributed by atoms with van der Waals surface area (Å²) in [5.41, 5.74) is 0. The first kappa shape index (κ1) is 12.0. The fraction of sp³-hybridized carbons (Fsp3) is 1.00. The number of hydrogen-bond acceptors (Lipinski definition) is 2. The summed E-state index contributed by atoms with van der Waals surface area (Å²) >= 11 is 0. The molecule has 1 heterocycles. The highest BCUT2D eigenvalue weighted by Crippen LogP contribution is 2.17. The van der Waals surface area contributed by atoms with Crippen molar-refractivity contribution >= 4 is 0 Å². The molecule has 2 nitrogen and oxygen atoms in total. The van der Waals surface area contributed by atoms with Crippen molar-refractivity contribution in [3.8, 4) is 0 Å². The average Bonchev–Trinajstić information content (AvgIpc) is 2.18. The van der Waals surface area contributed by atoms with E-state index in [-0.39, 0.29) is 0 Å². The number of rotatable bonds is 4. The maximum atomic E-state index is 3.44. The van der Waals surface area contributed by atoms with Gasteiger partial charge in [0.15, 0.2) is 0 Å². The highest BCUT2D eigenvalue weighted by Gasteiger charge is 2.23. The van der Waals surface area contributed by atoms with Gasteiger partial charge < -0.3 is 5.32 Å². The Bertz CT molecular complexity index is 158. The van der Waals surface area contributed by atoms with Crippen LogP contribution in [0.3, 0.4) is 0 Å². The molecule has 1 rings (SSSR count). The lowest BCUT2D eigenvalue weighted by Crippen LogP contribution is -2.53. The van der Waals surface area contributed by atoms with Gasteiger partial charge in [0.25, 0.3) is 0 Å². The predicted octanol–water partition coefficient (Wildman–Crippen LogP) is 2.10. The molecule has 0 spiro atoms. The van der Waals surface area contributed by atoms with Gasteiger partial charge in [-0.3, -0.25) is 4.90 Å². The van der Waals surface area contributed by atoms with Crippen LogP contribution >= 0.6 is 0 Å². The summed E-state index contributed by atoms with van der Waals surface area (Å²) in [5.74, 6) is 0.868. The van der Waals surface area contributed by atoms with Crippen molar-refractivity contribution in [1.29, 1.82) is 0 Å².